The molecule has 0 aliphatic carbocycles. The van der Waals surface area contributed by atoms with Gasteiger partial charge in [-0.1, -0.05) is 39.4 Å². The first-order chi connectivity index (χ1) is 15.6. The maximum absolute atomic E-state index is 13.5. The van der Waals surface area contributed by atoms with Gasteiger partial charge in [-0.2, -0.15) is 10.1 Å². The Morgan fingerprint density at radius 1 is 1.06 bits per heavy atom. The Bertz CT molecular complexity index is 1460. The summed E-state index contributed by atoms with van der Waals surface area (Å²) in [4.78, 5) is 22.5. The van der Waals surface area contributed by atoms with Crippen molar-refractivity contribution in [1.82, 2.24) is 9.97 Å². The summed E-state index contributed by atoms with van der Waals surface area (Å²) in [6.07, 6.45) is 1.65. The van der Waals surface area contributed by atoms with Gasteiger partial charge in [0.25, 0.3) is 5.91 Å². The van der Waals surface area contributed by atoms with Crippen molar-refractivity contribution in [1.29, 1.82) is 0 Å². The molecule has 0 aliphatic rings. The number of hydrogen-bond donors (Lipinski definition) is 0. The van der Waals surface area contributed by atoms with Crippen molar-refractivity contribution in [2.75, 3.05) is 12.1 Å². The lowest BCUT2D eigenvalue weighted by Gasteiger charge is -2.14. The van der Waals surface area contributed by atoms with Crippen molar-refractivity contribution in [3.63, 3.8) is 0 Å². The number of methoxy groups -OCH3 is 1. The van der Waals surface area contributed by atoms with E-state index in [9.17, 15) is 4.79 Å². The van der Waals surface area contributed by atoms with E-state index in [-0.39, 0.29) is 5.91 Å². The molecule has 0 saturated carbocycles. The van der Waals surface area contributed by atoms with Gasteiger partial charge in [0.05, 0.1) is 39.3 Å². The molecule has 9 heteroatoms. The fourth-order valence-electron chi connectivity index (χ4n) is 3.08. The molecule has 158 valence electrons. The molecule has 0 fully saturated rings. The molecular formula is C23H15BrN4O2S2. The maximum Gasteiger partial charge on any atom is 0.280 e. The molecule has 3 aromatic carbocycles. The SMILES string of the molecule is COc1ccc2nc(N(/N=C/c3ccc(Br)cc3)C(=O)c3ccc4ncsc4c3)sc2c1. The van der Waals surface area contributed by atoms with Crippen molar-refractivity contribution < 1.29 is 9.53 Å². The number of ether oxygens (including phenoxy) is 1. The van der Waals surface area contributed by atoms with Gasteiger partial charge in [0, 0.05) is 10.0 Å². The number of fused-ring (bicyclic) bond motifs is 2. The van der Waals surface area contributed by atoms with Crippen molar-refractivity contribution in [3.05, 3.63) is 81.8 Å². The van der Waals surface area contributed by atoms with Crippen LogP contribution in [0, 0.1) is 0 Å². The van der Waals surface area contributed by atoms with Crippen LogP contribution in [0.1, 0.15) is 15.9 Å². The molecule has 0 bridgehead atoms. The summed E-state index contributed by atoms with van der Waals surface area (Å²) >= 11 is 6.31. The number of thiazole rings is 2. The second-order valence-electron chi connectivity index (χ2n) is 6.78. The smallest absolute Gasteiger partial charge is 0.280 e. The van der Waals surface area contributed by atoms with Gasteiger partial charge in [-0.15, -0.1) is 11.3 Å². The average Bonchev–Trinajstić information content (AvgIpc) is 3.46. The predicted octanol–water partition coefficient (Wildman–Crippen LogP) is 6.36. The van der Waals surface area contributed by atoms with Gasteiger partial charge < -0.3 is 4.74 Å². The zero-order valence-electron chi connectivity index (χ0n) is 16.7. The van der Waals surface area contributed by atoms with Crippen LogP contribution in [-0.4, -0.2) is 29.2 Å². The van der Waals surface area contributed by atoms with E-state index in [4.69, 9.17) is 4.74 Å². The summed E-state index contributed by atoms with van der Waals surface area (Å²) in [5.41, 5.74) is 4.80. The largest absolute Gasteiger partial charge is 0.497 e. The molecule has 0 radical (unpaired) electrons. The molecule has 0 saturated heterocycles. The number of anilines is 1. The lowest BCUT2D eigenvalue weighted by Crippen LogP contribution is -2.25. The van der Waals surface area contributed by atoms with Crippen LogP contribution in [0.4, 0.5) is 5.13 Å². The van der Waals surface area contributed by atoms with E-state index >= 15 is 0 Å². The molecule has 2 aromatic heterocycles. The second-order valence-corrected chi connectivity index (χ2v) is 9.59. The van der Waals surface area contributed by atoms with Gasteiger partial charge in [0.2, 0.25) is 5.13 Å². The van der Waals surface area contributed by atoms with Crippen LogP contribution in [0.2, 0.25) is 0 Å². The van der Waals surface area contributed by atoms with E-state index in [2.05, 4.69) is 31.0 Å². The van der Waals surface area contributed by atoms with Gasteiger partial charge in [-0.3, -0.25) is 4.79 Å². The zero-order chi connectivity index (χ0) is 22.1. The molecular weight excluding hydrogens is 508 g/mol. The van der Waals surface area contributed by atoms with Crippen LogP contribution < -0.4 is 9.75 Å². The molecule has 6 nitrogen and oxygen atoms in total. The van der Waals surface area contributed by atoms with Crippen LogP contribution in [0.3, 0.4) is 0 Å². The summed E-state index contributed by atoms with van der Waals surface area (Å²) in [6.45, 7) is 0. The molecule has 0 spiro atoms. The number of aromatic nitrogens is 2. The Labute approximate surface area is 199 Å². The average molecular weight is 523 g/mol. The molecule has 5 rings (SSSR count). The van der Waals surface area contributed by atoms with Crippen LogP contribution in [-0.2, 0) is 0 Å². The summed E-state index contributed by atoms with van der Waals surface area (Å²) in [5.74, 6) is 0.472. The molecule has 5 aromatic rings. The van der Waals surface area contributed by atoms with E-state index < -0.39 is 0 Å². The Morgan fingerprint density at radius 3 is 2.69 bits per heavy atom. The minimum atomic E-state index is -0.264. The molecule has 2 heterocycles. The Morgan fingerprint density at radius 2 is 1.88 bits per heavy atom. The van der Waals surface area contributed by atoms with Gasteiger partial charge in [-0.25, -0.2) is 9.97 Å². The number of hydrogen-bond acceptors (Lipinski definition) is 7. The van der Waals surface area contributed by atoms with E-state index in [1.165, 1.54) is 27.7 Å². The minimum absolute atomic E-state index is 0.264. The number of rotatable bonds is 5. The minimum Gasteiger partial charge on any atom is -0.497 e. The fraction of sp³-hybridized carbons (Fsp3) is 0.0435. The third-order valence-corrected chi connectivity index (χ3v) is 7.04. The third-order valence-electron chi connectivity index (χ3n) is 4.73. The monoisotopic (exact) mass is 522 g/mol. The first kappa shape index (κ1) is 20.7. The van der Waals surface area contributed by atoms with E-state index in [1.54, 1.807) is 24.9 Å². The fourth-order valence-corrected chi connectivity index (χ4v) is 5.01. The second kappa shape index (κ2) is 8.78. The number of halogens is 1. The number of carbonyl (C=O) groups is 1. The molecule has 32 heavy (non-hydrogen) atoms. The topological polar surface area (TPSA) is 67.7 Å². The predicted molar refractivity (Wildman–Crippen MR) is 134 cm³/mol. The number of nitrogens with zero attached hydrogens (tertiary/aromatic N) is 4. The first-order valence-electron chi connectivity index (χ1n) is 9.52. The van der Waals surface area contributed by atoms with Crippen molar-refractivity contribution in [3.8, 4) is 5.75 Å². The highest BCUT2D eigenvalue weighted by molar-refractivity contribution is 9.10. The van der Waals surface area contributed by atoms with Crippen molar-refractivity contribution >= 4 is 76.3 Å². The molecule has 0 aliphatic heterocycles. The van der Waals surface area contributed by atoms with E-state index in [0.29, 0.717) is 10.7 Å². The normalized spacial score (nSPS) is 11.4. The summed E-state index contributed by atoms with van der Waals surface area (Å²) in [7, 11) is 1.62. The first-order valence-corrected chi connectivity index (χ1v) is 12.0. The van der Waals surface area contributed by atoms with Crippen LogP contribution >= 0.6 is 38.6 Å². The summed E-state index contributed by atoms with van der Waals surface area (Å²) < 4.78 is 8.15. The quantitative estimate of drug-likeness (QED) is 0.199. The number of amides is 1. The van der Waals surface area contributed by atoms with E-state index in [1.807, 2.05) is 54.6 Å². The number of carbonyl (C=O) groups excluding carboxylic acids is 1. The van der Waals surface area contributed by atoms with Gasteiger partial charge in [0.15, 0.2) is 0 Å². The standard InChI is InChI=1S/C23H15BrN4O2S2/c1-30-17-7-9-19-21(11-17)32-23(27-19)28(26-12-14-2-5-16(24)6-3-14)22(29)15-4-8-18-20(10-15)31-13-25-18/h2-13H,1H3/b26-12+. The third kappa shape index (κ3) is 4.14. The highest BCUT2D eigenvalue weighted by atomic mass is 79.9. The van der Waals surface area contributed by atoms with Crippen molar-refractivity contribution in [2.24, 2.45) is 5.10 Å². The van der Waals surface area contributed by atoms with Crippen LogP contribution in [0.25, 0.3) is 20.4 Å². The van der Waals surface area contributed by atoms with E-state index in [0.717, 1.165) is 36.2 Å². The Hall–Kier alpha value is -3.14. The van der Waals surface area contributed by atoms with Gasteiger partial charge in [0.1, 0.15) is 5.75 Å². The highest BCUT2D eigenvalue weighted by Gasteiger charge is 2.22. The zero-order valence-corrected chi connectivity index (χ0v) is 19.9. The van der Waals surface area contributed by atoms with Crippen LogP contribution in [0.15, 0.2) is 75.7 Å². The highest BCUT2D eigenvalue weighted by Crippen LogP contribution is 2.33. The van der Waals surface area contributed by atoms with Gasteiger partial charge in [-0.05, 0) is 54.1 Å². The maximum atomic E-state index is 13.5. The lowest BCUT2D eigenvalue weighted by atomic mass is 10.2. The molecule has 1 amide bonds. The molecule has 0 N–H and O–H groups in total. The Kier molecular flexibility index (Phi) is 5.69. The lowest BCUT2D eigenvalue weighted by molar-refractivity contribution is 0.0988. The Balaban J connectivity index is 1.57. The summed E-state index contributed by atoms with van der Waals surface area (Å²) in [5, 5.41) is 6.35. The molecule has 0 atom stereocenters. The van der Waals surface area contributed by atoms with Crippen LogP contribution in [0.5, 0.6) is 5.75 Å². The summed E-state index contributed by atoms with van der Waals surface area (Å²) in [6, 6.07) is 18.8. The van der Waals surface area contributed by atoms with Crippen molar-refractivity contribution in [2.45, 2.75) is 0 Å². The number of hydrazone groups is 1. The molecule has 0 unspecified atom stereocenters. The van der Waals surface area contributed by atoms with Gasteiger partial charge >= 0.3 is 0 Å². The number of benzene rings is 3.